The molecule has 0 bridgehead atoms. The molecule has 2 unspecified atom stereocenters. The Kier molecular flexibility index (Phi) is 10.5. The van der Waals surface area contributed by atoms with Gasteiger partial charge in [0.25, 0.3) is 5.91 Å². The highest BCUT2D eigenvalue weighted by atomic mass is 35.5. The van der Waals surface area contributed by atoms with E-state index >= 15 is 0 Å². The van der Waals surface area contributed by atoms with Crippen molar-refractivity contribution in [2.45, 2.75) is 45.7 Å². The van der Waals surface area contributed by atoms with Crippen LogP contribution >= 0.6 is 12.4 Å². The first-order valence-corrected chi connectivity index (χ1v) is 7.96. The second-order valence-corrected chi connectivity index (χ2v) is 5.59. The van der Waals surface area contributed by atoms with Crippen molar-refractivity contribution in [3.63, 3.8) is 0 Å². The Morgan fingerprint density at radius 1 is 1.16 bits per heavy atom. The minimum atomic E-state index is -0.727. The fourth-order valence-corrected chi connectivity index (χ4v) is 1.89. The van der Waals surface area contributed by atoms with E-state index in [2.05, 4.69) is 10.6 Å². The summed E-state index contributed by atoms with van der Waals surface area (Å²) in [5, 5.41) is 5.30. The van der Waals surface area contributed by atoms with E-state index in [0.717, 1.165) is 0 Å². The molecule has 1 aromatic carbocycles. The van der Waals surface area contributed by atoms with Crippen LogP contribution in [-0.2, 0) is 14.3 Å². The van der Waals surface area contributed by atoms with E-state index in [-0.39, 0.29) is 36.9 Å². The predicted molar refractivity (Wildman–Crippen MR) is 98.8 cm³/mol. The molecule has 0 aliphatic rings. The number of halogens is 1. The smallest absolute Gasteiger partial charge is 0.328 e. The first-order valence-electron chi connectivity index (χ1n) is 7.96. The highest BCUT2D eigenvalue weighted by molar-refractivity contribution is 5.97. The molecule has 0 saturated carbocycles. The number of nitrogens with two attached hydrogens (primary N) is 1. The molecule has 140 valence electrons. The van der Waals surface area contributed by atoms with E-state index < -0.39 is 12.0 Å². The number of anilines is 1. The summed E-state index contributed by atoms with van der Waals surface area (Å²) in [7, 11) is 0. The zero-order valence-corrected chi connectivity index (χ0v) is 15.5. The molecule has 0 fully saturated rings. The lowest BCUT2D eigenvalue weighted by atomic mass is 10.1. The third-order valence-corrected chi connectivity index (χ3v) is 3.25. The molecule has 2 atom stereocenters. The lowest BCUT2D eigenvalue weighted by Crippen LogP contribution is -2.39. The van der Waals surface area contributed by atoms with Crippen LogP contribution in [0.1, 0.15) is 44.0 Å². The Balaban J connectivity index is 0.00000576. The van der Waals surface area contributed by atoms with E-state index in [0.29, 0.717) is 24.1 Å². The monoisotopic (exact) mass is 371 g/mol. The summed E-state index contributed by atoms with van der Waals surface area (Å²) in [6.07, 6.45) is 0.953. The van der Waals surface area contributed by atoms with Crippen LogP contribution < -0.4 is 16.4 Å². The van der Waals surface area contributed by atoms with Crippen molar-refractivity contribution in [2.24, 2.45) is 5.73 Å². The number of amides is 2. The first-order chi connectivity index (χ1) is 11.3. The molecule has 8 heteroatoms. The molecule has 4 N–H and O–H groups in total. The SMILES string of the molecule is CCOC(=O)C(C)NC(=O)c1ccc(NC(=O)CCC(C)N)cc1.Cl. The summed E-state index contributed by atoms with van der Waals surface area (Å²) >= 11 is 0. The summed E-state index contributed by atoms with van der Waals surface area (Å²) in [5.41, 5.74) is 6.60. The van der Waals surface area contributed by atoms with Crippen LogP contribution in [0.4, 0.5) is 5.69 Å². The molecule has 7 nitrogen and oxygen atoms in total. The molecule has 1 rings (SSSR count). The second kappa shape index (κ2) is 11.4. The number of benzene rings is 1. The molecule has 0 aromatic heterocycles. The summed E-state index contributed by atoms with van der Waals surface area (Å²) < 4.78 is 4.83. The molecule has 2 amide bonds. The van der Waals surface area contributed by atoms with Gasteiger partial charge in [-0.3, -0.25) is 9.59 Å². The minimum Gasteiger partial charge on any atom is -0.464 e. The zero-order chi connectivity index (χ0) is 18.1. The van der Waals surface area contributed by atoms with Gasteiger partial charge in [-0.25, -0.2) is 4.79 Å². The van der Waals surface area contributed by atoms with Crippen molar-refractivity contribution in [1.29, 1.82) is 0 Å². The van der Waals surface area contributed by atoms with Gasteiger partial charge in [-0.2, -0.15) is 0 Å². The predicted octanol–water partition coefficient (Wildman–Crippen LogP) is 1.86. The van der Waals surface area contributed by atoms with Crippen molar-refractivity contribution in [1.82, 2.24) is 5.32 Å². The zero-order valence-electron chi connectivity index (χ0n) is 14.7. The summed E-state index contributed by atoms with van der Waals surface area (Å²) in [6, 6.07) is 5.67. The van der Waals surface area contributed by atoms with Crippen LogP contribution in [0.5, 0.6) is 0 Å². The van der Waals surface area contributed by atoms with Crippen LogP contribution in [0, 0.1) is 0 Å². The van der Waals surface area contributed by atoms with Crippen molar-refractivity contribution < 1.29 is 19.1 Å². The maximum atomic E-state index is 12.1. The highest BCUT2D eigenvalue weighted by Crippen LogP contribution is 2.11. The number of carbonyl (C=O) groups excluding carboxylic acids is 3. The molecule has 25 heavy (non-hydrogen) atoms. The van der Waals surface area contributed by atoms with Crippen LogP contribution in [0.15, 0.2) is 24.3 Å². The van der Waals surface area contributed by atoms with Crippen LogP contribution in [0.3, 0.4) is 0 Å². The summed E-state index contributed by atoms with van der Waals surface area (Å²) in [6.45, 7) is 5.37. The minimum absolute atomic E-state index is 0. The van der Waals surface area contributed by atoms with Gasteiger partial charge in [0.1, 0.15) is 6.04 Å². The highest BCUT2D eigenvalue weighted by Gasteiger charge is 2.17. The lowest BCUT2D eigenvalue weighted by molar-refractivity contribution is -0.144. The van der Waals surface area contributed by atoms with Crippen molar-refractivity contribution in [3.8, 4) is 0 Å². The van der Waals surface area contributed by atoms with Gasteiger partial charge in [0.05, 0.1) is 6.61 Å². The molecular weight excluding hydrogens is 346 g/mol. The third kappa shape index (κ3) is 8.51. The quantitative estimate of drug-likeness (QED) is 0.604. The maximum Gasteiger partial charge on any atom is 0.328 e. The van der Waals surface area contributed by atoms with E-state index in [1.807, 2.05) is 6.92 Å². The van der Waals surface area contributed by atoms with E-state index in [9.17, 15) is 14.4 Å². The average molecular weight is 372 g/mol. The molecule has 0 spiro atoms. The Morgan fingerprint density at radius 3 is 2.28 bits per heavy atom. The number of ether oxygens (including phenoxy) is 1. The number of carbonyl (C=O) groups is 3. The molecule has 0 saturated heterocycles. The Hall–Kier alpha value is -2.12. The number of hydrogen-bond donors (Lipinski definition) is 3. The number of hydrogen-bond acceptors (Lipinski definition) is 5. The molecule has 0 aliphatic heterocycles. The maximum absolute atomic E-state index is 12.1. The van der Waals surface area contributed by atoms with Gasteiger partial charge < -0.3 is 21.1 Å². The topological polar surface area (TPSA) is 111 Å². The molecule has 0 aliphatic carbocycles. The fraction of sp³-hybridized carbons (Fsp3) is 0.471. The van der Waals surface area contributed by atoms with Gasteiger partial charge in [0.2, 0.25) is 5.91 Å². The Labute approximate surface area is 154 Å². The van der Waals surface area contributed by atoms with Crippen molar-refractivity contribution in [2.75, 3.05) is 11.9 Å². The normalized spacial score (nSPS) is 12.3. The molecule has 0 heterocycles. The van der Waals surface area contributed by atoms with Gasteiger partial charge in [0, 0.05) is 23.7 Å². The average Bonchev–Trinajstić information content (AvgIpc) is 2.53. The lowest BCUT2D eigenvalue weighted by Gasteiger charge is -2.13. The van der Waals surface area contributed by atoms with Gasteiger partial charge in [-0.1, -0.05) is 0 Å². The van der Waals surface area contributed by atoms with Crippen LogP contribution in [0.25, 0.3) is 0 Å². The number of esters is 1. The van der Waals surface area contributed by atoms with Gasteiger partial charge in [-0.15, -0.1) is 12.4 Å². The Morgan fingerprint density at radius 2 is 1.76 bits per heavy atom. The summed E-state index contributed by atoms with van der Waals surface area (Å²) in [4.78, 5) is 35.3. The number of nitrogens with one attached hydrogen (secondary N) is 2. The fourth-order valence-electron chi connectivity index (χ4n) is 1.89. The second-order valence-electron chi connectivity index (χ2n) is 5.59. The van der Waals surface area contributed by atoms with Crippen molar-refractivity contribution in [3.05, 3.63) is 29.8 Å². The molecule has 0 radical (unpaired) electrons. The Bertz CT molecular complexity index is 576. The van der Waals surface area contributed by atoms with E-state index in [4.69, 9.17) is 10.5 Å². The van der Waals surface area contributed by atoms with Crippen molar-refractivity contribution >= 4 is 35.9 Å². The largest absolute Gasteiger partial charge is 0.464 e. The first kappa shape index (κ1) is 22.9. The van der Waals surface area contributed by atoms with Gasteiger partial charge >= 0.3 is 5.97 Å². The number of rotatable bonds is 8. The molecule has 1 aromatic rings. The summed E-state index contributed by atoms with van der Waals surface area (Å²) in [5.74, 6) is -0.991. The van der Waals surface area contributed by atoms with Crippen LogP contribution in [0.2, 0.25) is 0 Å². The van der Waals surface area contributed by atoms with E-state index in [1.54, 1.807) is 38.1 Å². The van der Waals surface area contributed by atoms with Gasteiger partial charge in [-0.05, 0) is 51.5 Å². The van der Waals surface area contributed by atoms with E-state index in [1.165, 1.54) is 0 Å². The standard InChI is InChI=1S/C17H25N3O4.ClH/c1-4-24-17(23)12(3)19-16(22)13-6-8-14(9-7-13)20-15(21)10-5-11(2)18;/h6-9,11-12H,4-5,10,18H2,1-3H3,(H,19,22)(H,20,21);1H. The third-order valence-electron chi connectivity index (χ3n) is 3.25. The van der Waals surface area contributed by atoms with Gasteiger partial charge in [0.15, 0.2) is 0 Å². The van der Waals surface area contributed by atoms with Crippen LogP contribution in [-0.4, -0.2) is 36.5 Å². The molecular formula is C17H26ClN3O4.